The van der Waals surface area contributed by atoms with Crippen molar-refractivity contribution >= 4 is 34.8 Å². The second kappa shape index (κ2) is 7.58. The maximum Gasteiger partial charge on any atom is 0.279 e. The largest absolute Gasteiger partial charge is 0.326 e. The molecule has 0 saturated carbocycles. The minimum absolute atomic E-state index is 0.0943. The molecule has 2 aromatic rings. The Labute approximate surface area is 138 Å². The van der Waals surface area contributed by atoms with Crippen LogP contribution >= 0.6 is 23.2 Å². The van der Waals surface area contributed by atoms with Gasteiger partial charge in [-0.05, 0) is 30.3 Å². The highest BCUT2D eigenvalue weighted by Crippen LogP contribution is 2.19. The lowest BCUT2D eigenvalue weighted by molar-refractivity contribution is -0.885. The Morgan fingerprint density at radius 1 is 1.14 bits per heavy atom. The molecule has 0 aliphatic carbocycles. The van der Waals surface area contributed by atoms with Crippen LogP contribution in [0.4, 0.5) is 10.1 Å². The standard InChI is InChI=1S/C16H15Cl2FN2O/c1-21(9-11-2-4-12(17)5-3-11)10-16(22)20-15-8-13(18)6-7-14(15)19/h2-8H,9-10H2,1H3,(H,20,22)/p+1. The van der Waals surface area contributed by atoms with E-state index in [1.54, 1.807) is 0 Å². The molecule has 2 aromatic carbocycles. The maximum atomic E-state index is 13.6. The number of amides is 1. The number of hydrogen-bond donors (Lipinski definition) is 2. The van der Waals surface area contributed by atoms with E-state index in [9.17, 15) is 9.18 Å². The summed E-state index contributed by atoms with van der Waals surface area (Å²) < 4.78 is 13.6. The van der Waals surface area contributed by atoms with E-state index in [2.05, 4.69) is 5.32 Å². The van der Waals surface area contributed by atoms with Gasteiger partial charge in [-0.15, -0.1) is 0 Å². The van der Waals surface area contributed by atoms with Crippen LogP contribution in [0.1, 0.15) is 5.56 Å². The number of anilines is 1. The first-order valence-electron chi connectivity index (χ1n) is 6.74. The van der Waals surface area contributed by atoms with Crippen LogP contribution in [0.5, 0.6) is 0 Å². The molecule has 0 aromatic heterocycles. The fourth-order valence-corrected chi connectivity index (χ4v) is 2.37. The molecular weight excluding hydrogens is 326 g/mol. The van der Waals surface area contributed by atoms with Gasteiger partial charge in [0.1, 0.15) is 12.4 Å². The van der Waals surface area contributed by atoms with Crippen molar-refractivity contribution in [1.82, 2.24) is 0 Å². The summed E-state index contributed by atoms with van der Waals surface area (Å²) >= 11 is 11.6. The van der Waals surface area contributed by atoms with Gasteiger partial charge >= 0.3 is 0 Å². The zero-order valence-electron chi connectivity index (χ0n) is 12.0. The van der Waals surface area contributed by atoms with Gasteiger partial charge in [0, 0.05) is 15.6 Å². The Hall–Kier alpha value is -1.62. The predicted molar refractivity (Wildman–Crippen MR) is 86.9 cm³/mol. The fraction of sp³-hybridized carbons (Fsp3) is 0.188. The van der Waals surface area contributed by atoms with Gasteiger partial charge in [-0.25, -0.2) is 4.39 Å². The van der Waals surface area contributed by atoms with E-state index in [-0.39, 0.29) is 18.1 Å². The predicted octanol–water partition coefficient (Wildman–Crippen LogP) is 2.79. The first-order chi connectivity index (χ1) is 10.4. The lowest BCUT2D eigenvalue weighted by Gasteiger charge is -2.14. The van der Waals surface area contributed by atoms with Crippen LogP contribution in [0.3, 0.4) is 0 Å². The Morgan fingerprint density at radius 3 is 2.45 bits per heavy atom. The van der Waals surface area contributed by atoms with E-state index in [0.717, 1.165) is 10.5 Å². The highest BCUT2D eigenvalue weighted by Gasteiger charge is 2.13. The second-order valence-electron chi connectivity index (χ2n) is 5.11. The quantitative estimate of drug-likeness (QED) is 0.861. The van der Waals surface area contributed by atoms with Crippen LogP contribution in [0, 0.1) is 5.82 Å². The summed E-state index contributed by atoms with van der Waals surface area (Å²) in [5.41, 5.74) is 1.17. The average Bonchev–Trinajstić information content (AvgIpc) is 2.45. The molecule has 0 bridgehead atoms. The molecule has 0 radical (unpaired) electrons. The molecule has 0 spiro atoms. The van der Waals surface area contributed by atoms with Crippen molar-refractivity contribution in [3.8, 4) is 0 Å². The van der Waals surface area contributed by atoms with Crippen LogP contribution in [-0.2, 0) is 11.3 Å². The van der Waals surface area contributed by atoms with Crippen molar-refractivity contribution in [3.05, 3.63) is 63.9 Å². The van der Waals surface area contributed by atoms with Crippen LogP contribution in [0.15, 0.2) is 42.5 Å². The molecule has 1 amide bonds. The number of carbonyl (C=O) groups is 1. The summed E-state index contributed by atoms with van der Waals surface area (Å²) in [5, 5.41) is 3.59. The summed E-state index contributed by atoms with van der Waals surface area (Å²) in [6.45, 7) is 0.886. The van der Waals surface area contributed by atoms with Crippen LogP contribution in [0.2, 0.25) is 10.0 Å². The second-order valence-corrected chi connectivity index (χ2v) is 5.98. The molecule has 0 aliphatic rings. The summed E-state index contributed by atoms with van der Waals surface area (Å²) in [5.74, 6) is -0.777. The van der Waals surface area contributed by atoms with Gasteiger partial charge in [-0.2, -0.15) is 0 Å². The van der Waals surface area contributed by atoms with Crippen molar-refractivity contribution in [2.24, 2.45) is 0 Å². The molecule has 0 heterocycles. The van der Waals surface area contributed by atoms with Gasteiger partial charge < -0.3 is 10.2 Å². The van der Waals surface area contributed by atoms with E-state index < -0.39 is 5.82 Å². The molecular formula is C16H16Cl2FN2O+. The Balaban J connectivity index is 1.91. The molecule has 1 unspecified atom stereocenters. The molecule has 0 saturated heterocycles. The van der Waals surface area contributed by atoms with E-state index >= 15 is 0 Å². The van der Waals surface area contributed by atoms with Gasteiger partial charge in [0.05, 0.1) is 12.7 Å². The highest BCUT2D eigenvalue weighted by molar-refractivity contribution is 6.31. The zero-order valence-corrected chi connectivity index (χ0v) is 13.5. The average molecular weight is 342 g/mol. The van der Waals surface area contributed by atoms with Gasteiger partial charge in [0.25, 0.3) is 5.91 Å². The fourth-order valence-electron chi connectivity index (χ4n) is 2.07. The number of nitrogens with one attached hydrogen (secondary N) is 2. The summed E-state index contributed by atoms with van der Waals surface area (Å²) in [7, 11) is 1.89. The van der Waals surface area contributed by atoms with E-state index in [1.807, 2.05) is 31.3 Å². The number of quaternary nitrogens is 1. The SMILES string of the molecule is C[NH+](CC(=O)Nc1cc(Cl)ccc1F)Cc1ccc(Cl)cc1. The van der Waals surface area contributed by atoms with Crippen molar-refractivity contribution < 1.29 is 14.1 Å². The molecule has 2 rings (SSSR count). The normalized spacial score (nSPS) is 12.0. The molecule has 116 valence electrons. The van der Waals surface area contributed by atoms with Crippen LogP contribution in [-0.4, -0.2) is 19.5 Å². The molecule has 22 heavy (non-hydrogen) atoms. The molecule has 1 atom stereocenters. The van der Waals surface area contributed by atoms with E-state index in [4.69, 9.17) is 23.2 Å². The van der Waals surface area contributed by atoms with E-state index in [0.29, 0.717) is 16.6 Å². The van der Waals surface area contributed by atoms with Gasteiger partial charge in [0.15, 0.2) is 6.54 Å². The molecule has 2 N–H and O–H groups in total. The number of halogens is 3. The molecule has 0 fully saturated rings. The summed E-state index contributed by atoms with van der Waals surface area (Å²) in [6.07, 6.45) is 0. The number of benzene rings is 2. The Bertz CT molecular complexity index is 662. The van der Waals surface area contributed by atoms with Crippen molar-refractivity contribution in [2.45, 2.75) is 6.54 Å². The Kier molecular flexibility index (Phi) is 5.77. The minimum Gasteiger partial charge on any atom is -0.326 e. The lowest BCUT2D eigenvalue weighted by Crippen LogP contribution is -3.08. The van der Waals surface area contributed by atoms with Gasteiger partial charge in [-0.1, -0.05) is 35.3 Å². The molecule has 6 heteroatoms. The number of rotatable bonds is 5. The van der Waals surface area contributed by atoms with Gasteiger partial charge in [-0.3, -0.25) is 4.79 Å². The van der Waals surface area contributed by atoms with Crippen LogP contribution < -0.4 is 10.2 Å². The van der Waals surface area contributed by atoms with Crippen LogP contribution in [0.25, 0.3) is 0 Å². The third-order valence-electron chi connectivity index (χ3n) is 3.08. The van der Waals surface area contributed by atoms with Crippen molar-refractivity contribution in [2.75, 3.05) is 18.9 Å². The minimum atomic E-state index is -0.506. The summed E-state index contributed by atoms with van der Waals surface area (Å²) in [4.78, 5) is 12.9. The third-order valence-corrected chi connectivity index (χ3v) is 3.57. The topological polar surface area (TPSA) is 33.5 Å². The van der Waals surface area contributed by atoms with Gasteiger partial charge in [0.2, 0.25) is 0 Å². The van der Waals surface area contributed by atoms with E-state index in [1.165, 1.54) is 18.2 Å². The first kappa shape index (κ1) is 16.7. The molecule has 3 nitrogen and oxygen atoms in total. The zero-order chi connectivity index (χ0) is 16.1. The molecule has 0 aliphatic heterocycles. The maximum absolute atomic E-state index is 13.6. The monoisotopic (exact) mass is 341 g/mol. The van der Waals surface area contributed by atoms with Crippen molar-refractivity contribution in [3.63, 3.8) is 0 Å². The highest BCUT2D eigenvalue weighted by atomic mass is 35.5. The third kappa shape index (κ3) is 4.98. The lowest BCUT2D eigenvalue weighted by atomic mass is 10.2. The van der Waals surface area contributed by atoms with Crippen molar-refractivity contribution in [1.29, 1.82) is 0 Å². The number of carbonyl (C=O) groups excluding carboxylic acids is 1. The number of hydrogen-bond acceptors (Lipinski definition) is 1. The summed E-state index contributed by atoms with van der Waals surface area (Å²) in [6, 6.07) is 11.5. The first-order valence-corrected chi connectivity index (χ1v) is 7.50. The smallest absolute Gasteiger partial charge is 0.279 e. The Morgan fingerprint density at radius 2 is 1.77 bits per heavy atom. The number of likely N-dealkylation sites (N-methyl/N-ethyl adjacent to an activating group) is 1.